The first-order chi connectivity index (χ1) is 9.70. The molecule has 0 aliphatic rings. The Morgan fingerprint density at radius 2 is 2.20 bits per heavy atom. The topological polar surface area (TPSA) is 77.2 Å². The number of amides is 1. The fourth-order valence-electron chi connectivity index (χ4n) is 2.05. The summed E-state index contributed by atoms with van der Waals surface area (Å²) in [5.41, 5.74) is 5.11. The van der Waals surface area contributed by atoms with Gasteiger partial charge in [-0.1, -0.05) is 6.07 Å². The Kier molecular flexibility index (Phi) is 4.76. The van der Waals surface area contributed by atoms with Gasteiger partial charge in [-0.3, -0.25) is 4.79 Å². The molecule has 0 aliphatic carbocycles. The van der Waals surface area contributed by atoms with Crippen LogP contribution in [-0.4, -0.2) is 24.5 Å². The number of unbranched alkanes of at least 4 members (excludes halogenated alkanes) is 1. The fraction of sp³-hybridized carbons (Fsp3) is 0.333. The molecular weight excluding hydrogens is 254 g/mol. The average molecular weight is 273 g/mol. The lowest BCUT2D eigenvalue weighted by molar-refractivity contribution is -0.118. The van der Waals surface area contributed by atoms with Crippen molar-refractivity contribution in [3.63, 3.8) is 0 Å². The lowest BCUT2D eigenvalue weighted by Crippen LogP contribution is -2.11. The van der Waals surface area contributed by atoms with Crippen LogP contribution in [0.1, 0.15) is 19.3 Å². The highest BCUT2D eigenvalue weighted by molar-refractivity contribution is 5.92. The summed E-state index contributed by atoms with van der Waals surface area (Å²) in [5.74, 6) is 1.39. The third-order valence-electron chi connectivity index (χ3n) is 3.12. The second-order valence-electron chi connectivity index (χ2n) is 4.60. The predicted molar refractivity (Wildman–Crippen MR) is 79.8 cm³/mol. The number of benzene rings is 1. The summed E-state index contributed by atoms with van der Waals surface area (Å²) in [7, 11) is 1.65. The van der Waals surface area contributed by atoms with E-state index in [1.54, 1.807) is 13.3 Å². The van der Waals surface area contributed by atoms with Crippen molar-refractivity contribution in [2.24, 2.45) is 5.73 Å². The Bertz CT molecular complexity index is 599. The number of pyridine rings is 1. The van der Waals surface area contributed by atoms with Gasteiger partial charge >= 0.3 is 0 Å². The summed E-state index contributed by atoms with van der Waals surface area (Å²) < 4.78 is 5.24. The molecule has 0 saturated heterocycles. The molecule has 1 heterocycles. The van der Waals surface area contributed by atoms with Gasteiger partial charge in [-0.25, -0.2) is 4.98 Å². The number of ether oxygens (including phenoxy) is 1. The molecule has 1 amide bonds. The van der Waals surface area contributed by atoms with Gasteiger partial charge < -0.3 is 15.8 Å². The van der Waals surface area contributed by atoms with E-state index in [4.69, 9.17) is 10.5 Å². The Balaban J connectivity index is 2.03. The van der Waals surface area contributed by atoms with E-state index < -0.39 is 0 Å². The average Bonchev–Trinajstić information content (AvgIpc) is 2.46. The van der Waals surface area contributed by atoms with Crippen molar-refractivity contribution < 1.29 is 9.53 Å². The Morgan fingerprint density at radius 1 is 1.35 bits per heavy atom. The number of hydrogen-bond acceptors (Lipinski definition) is 4. The van der Waals surface area contributed by atoms with Gasteiger partial charge in [-0.05, 0) is 36.4 Å². The van der Waals surface area contributed by atoms with E-state index in [-0.39, 0.29) is 5.91 Å². The molecule has 5 heteroatoms. The first kappa shape index (κ1) is 14.1. The van der Waals surface area contributed by atoms with Gasteiger partial charge in [0.25, 0.3) is 0 Å². The van der Waals surface area contributed by atoms with Crippen LogP contribution in [-0.2, 0) is 4.79 Å². The molecule has 1 aromatic carbocycles. The van der Waals surface area contributed by atoms with Crippen molar-refractivity contribution in [1.29, 1.82) is 0 Å². The number of hydrogen-bond donors (Lipinski definition) is 2. The molecule has 2 aromatic rings. The number of anilines is 1. The van der Waals surface area contributed by atoms with E-state index in [2.05, 4.69) is 10.3 Å². The van der Waals surface area contributed by atoms with Crippen LogP contribution in [0.2, 0.25) is 0 Å². The molecule has 0 unspecified atom stereocenters. The summed E-state index contributed by atoms with van der Waals surface area (Å²) in [6.07, 6.45) is 3.88. The van der Waals surface area contributed by atoms with Crippen molar-refractivity contribution in [2.75, 3.05) is 19.0 Å². The van der Waals surface area contributed by atoms with Crippen LogP contribution in [0.3, 0.4) is 0 Å². The molecule has 1 aromatic heterocycles. The first-order valence-electron chi connectivity index (χ1n) is 6.65. The Morgan fingerprint density at radius 3 is 2.95 bits per heavy atom. The number of aromatic nitrogens is 1. The summed E-state index contributed by atoms with van der Waals surface area (Å²) in [4.78, 5) is 15.0. The smallest absolute Gasteiger partial charge is 0.217 e. The number of nitrogens with zero attached hydrogens (tertiary/aromatic N) is 1. The summed E-state index contributed by atoms with van der Waals surface area (Å²) in [6, 6.07) is 7.87. The molecule has 2 rings (SSSR count). The largest absolute Gasteiger partial charge is 0.497 e. The first-order valence-corrected chi connectivity index (χ1v) is 6.65. The van der Waals surface area contributed by atoms with E-state index in [9.17, 15) is 4.79 Å². The number of primary amides is 1. The van der Waals surface area contributed by atoms with Crippen molar-refractivity contribution in [3.05, 3.63) is 30.5 Å². The van der Waals surface area contributed by atoms with Crippen molar-refractivity contribution in [2.45, 2.75) is 19.3 Å². The van der Waals surface area contributed by atoms with E-state index in [0.717, 1.165) is 41.7 Å². The number of fused-ring (bicyclic) bond motifs is 1. The second kappa shape index (κ2) is 6.75. The molecule has 0 spiro atoms. The molecule has 3 N–H and O–H groups in total. The summed E-state index contributed by atoms with van der Waals surface area (Å²) in [5, 5.41) is 5.43. The van der Waals surface area contributed by atoms with Gasteiger partial charge in [0, 0.05) is 24.5 Å². The Hall–Kier alpha value is -2.30. The van der Waals surface area contributed by atoms with Crippen molar-refractivity contribution in [1.82, 2.24) is 4.98 Å². The molecule has 106 valence electrons. The lowest BCUT2D eigenvalue weighted by atomic mass is 10.1. The second-order valence-corrected chi connectivity index (χ2v) is 4.60. The molecule has 20 heavy (non-hydrogen) atoms. The van der Waals surface area contributed by atoms with E-state index in [1.807, 2.05) is 24.3 Å². The van der Waals surface area contributed by atoms with Crippen LogP contribution in [0.15, 0.2) is 30.5 Å². The van der Waals surface area contributed by atoms with Crippen LogP contribution in [0.5, 0.6) is 5.75 Å². The van der Waals surface area contributed by atoms with Gasteiger partial charge in [0.1, 0.15) is 11.6 Å². The minimum atomic E-state index is -0.252. The number of carbonyl (C=O) groups excluding carboxylic acids is 1. The molecule has 0 radical (unpaired) electrons. The summed E-state index contributed by atoms with van der Waals surface area (Å²) in [6.45, 7) is 0.761. The van der Waals surface area contributed by atoms with Crippen molar-refractivity contribution in [3.8, 4) is 5.75 Å². The molecular formula is C15H19N3O2. The quantitative estimate of drug-likeness (QED) is 0.759. The molecule has 5 nitrogen and oxygen atoms in total. The SMILES string of the molecule is COc1ccc2ccnc(NCCCCC(N)=O)c2c1. The van der Waals surface area contributed by atoms with Gasteiger partial charge in [-0.2, -0.15) is 0 Å². The van der Waals surface area contributed by atoms with Crippen molar-refractivity contribution >= 4 is 22.5 Å². The zero-order valence-electron chi connectivity index (χ0n) is 11.6. The summed E-state index contributed by atoms with van der Waals surface area (Å²) >= 11 is 0. The highest BCUT2D eigenvalue weighted by atomic mass is 16.5. The van der Waals surface area contributed by atoms with Crippen LogP contribution in [0.25, 0.3) is 10.8 Å². The highest BCUT2D eigenvalue weighted by Gasteiger charge is 2.03. The molecule has 0 aliphatic heterocycles. The third kappa shape index (κ3) is 3.60. The minimum Gasteiger partial charge on any atom is -0.497 e. The minimum absolute atomic E-state index is 0.252. The maximum atomic E-state index is 10.7. The van der Waals surface area contributed by atoms with Gasteiger partial charge in [0.15, 0.2) is 0 Å². The maximum absolute atomic E-state index is 10.7. The van der Waals surface area contributed by atoms with Crippen LogP contribution in [0, 0.1) is 0 Å². The lowest BCUT2D eigenvalue weighted by Gasteiger charge is -2.09. The zero-order chi connectivity index (χ0) is 14.4. The zero-order valence-corrected chi connectivity index (χ0v) is 11.6. The van der Waals surface area contributed by atoms with Crippen LogP contribution >= 0.6 is 0 Å². The normalized spacial score (nSPS) is 10.4. The third-order valence-corrected chi connectivity index (χ3v) is 3.12. The van der Waals surface area contributed by atoms with Gasteiger partial charge in [0.05, 0.1) is 7.11 Å². The molecule has 0 atom stereocenters. The Labute approximate surface area is 118 Å². The number of nitrogens with two attached hydrogens (primary N) is 1. The number of carbonyl (C=O) groups is 1. The van der Waals surface area contributed by atoms with Crippen LogP contribution in [0.4, 0.5) is 5.82 Å². The van der Waals surface area contributed by atoms with Crippen LogP contribution < -0.4 is 15.8 Å². The van der Waals surface area contributed by atoms with E-state index in [0.29, 0.717) is 6.42 Å². The number of methoxy groups -OCH3 is 1. The molecule has 0 bridgehead atoms. The van der Waals surface area contributed by atoms with E-state index >= 15 is 0 Å². The van der Waals surface area contributed by atoms with E-state index in [1.165, 1.54) is 0 Å². The maximum Gasteiger partial charge on any atom is 0.217 e. The monoisotopic (exact) mass is 273 g/mol. The number of nitrogens with one attached hydrogen (secondary N) is 1. The van der Waals surface area contributed by atoms with Gasteiger partial charge in [-0.15, -0.1) is 0 Å². The fourth-order valence-corrected chi connectivity index (χ4v) is 2.05. The molecule has 0 fully saturated rings. The molecule has 0 saturated carbocycles. The highest BCUT2D eigenvalue weighted by Crippen LogP contribution is 2.25. The number of rotatable bonds is 7. The standard InChI is InChI=1S/C15H19N3O2/c1-20-12-6-5-11-7-9-18-15(13(11)10-12)17-8-3-2-4-14(16)19/h5-7,9-10H,2-4,8H2,1H3,(H2,16,19)(H,17,18). The van der Waals surface area contributed by atoms with Gasteiger partial charge in [0.2, 0.25) is 5.91 Å². The predicted octanol–water partition coefficient (Wildman–Crippen LogP) is 2.31.